The van der Waals surface area contributed by atoms with Crippen molar-refractivity contribution in [3.8, 4) is 5.75 Å². The molecule has 0 atom stereocenters. The molecule has 0 unspecified atom stereocenters. The molecule has 18 heavy (non-hydrogen) atoms. The van der Waals surface area contributed by atoms with Gasteiger partial charge in [0, 0.05) is 0 Å². The second-order valence-corrected chi connectivity index (χ2v) is 5.35. The molecule has 2 nitrogen and oxygen atoms in total. The largest absolute Gasteiger partial charge is 0.490 e. The van der Waals surface area contributed by atoms with Gasteiger partial charge in [-0.05, 0) is 68.5 Å². The lowest BCUT2D eigenvalue weighted by Gasteiger charge is -2.49. The smallest absolute Gasteiger partial charge is 0.123 e. The van der Waals surface area contributed by atoms with E-state index in [9.17, 15) is 4.39 Å². The maximum Gasteiger partial charge on any atom is 0.123 e. The molecule has 0 radical (unpaired) electrons. The zero-order valence-corrected chi connectivity index (χ0v) is 11.1. The lowest BCUT2D eigenvalue weighted by atomic mass is 9.62. The molecule has 0 aromatic heterocycles. The summed E-state index contributed by atoms with van der Waals surface area (Å²) in [5.74, 6) is 0.584. The molecule has 2 aliphatic rings. The molecule has 1 spiro atoms. The standard InChI is InChI=1S/C14H18FNO.ClH/c15-11-1-3-12(4-2-11)17-13-9-14(10-13)5-7-16-8-6-14;/h1-4,13,16H,5-10H2;1H. The van der Waals surface area contributed by atoms with Crippen LogP contribution in [-0.2, 0) is 0 Å². The summed E-state index contributed by atoms with van der Waals surface area (Å²) in [6.07, 6.45) is 5.20. The quantitative estimate of drug-likeness (QED) is 0.892. The number of ether oxygens (including phenoxy) is 1. The van der Waals surface area contributed by atoms with E-state index >= 15 is 0 Å². The minimum absolute atomic E-state index is 0. The fourth-order valence-corrected chi connectivity index (χ4v) is 3.06. The summed E-state index contributed by atoms with van der Waals surface area (Å²) in [4.78, 5) is 0. The molecule has 0 bridgehead atoms. The van der Waals surface area contributed by atoms with Crippen LogP contribution < -0.4 is 10.1 Å². The molecular weight excluding hydrogens is 253 g/mol. The Hall–Kier alpha value is -0.800. The van der Waals surface area contributed by atoms with Crippen molar-refractivity contribution in [2.75, 3.05) is 13.1 Å². The van der Waals surface area contributed by atoms with Gasteiger partial charge in [0.1, 0.15) is 11.6 Å². The summed E-state index contributed by atoms with van der Waals surface area (Å²) in [6, 6.07) is 6.33. The molecule has 1 aromatic rings. The predicted octanol–water partition coefficient (Wildman–Crippen LogP) is 3.16. The summed E-state index contributed by atoms with van der Waals surface area (Å²) < 4.78 is 18.6. The van der Waals surface area contributed by atoms with Crippen molar-refractivity contribution in [1.29, 1.82) is 0 Å². The van der Waals surface area contributed by atoms with Crippen molar-refractivity contribution in [3.63, 3.8) is 0 Å². The third-order valence-electron chi connectivity index (χ3n) is 4.10. The van der Waals surface area contributed by atoms with E-state index in [4.69, 9.17) is 4.74 Å². The number of benzene rings is 1. The molecule has 0 amide bonds. The molecule has 2 fully saturated rings. The van der Waals surface area contributed by atoms with Gasteiger partial charge in [-0.2, -0.15) is 0 Å². The van der Waals surface area contributed by atoms with Crippen LogP contribution in [0.2, 0.25) is 0 Å². The maximum atomic E-state index is 12.7. The number of piperidine rings is 1. The van der Waals surface area contributed by atoms with E-state index in [2.05, 4.69) is 5.32 Å². The maximum absolute atomic E-state index is 12.7. The Balaban J connectivity index is 0.00000120. The molecule has 1 saturated carbocycles. The van der Waals surface area contributed by atoms with Gasteiger partial charge in [0.15, 0.2) is 0 Å². The van der Waals surface area contributed by atoms with Crippen LogP contribution in [0, 0.1) is 11.2 Å². The first-order chi connectivity index (χ1) is 8.26. The van der Waals surface area contributed by atoms with Crippen LogP contribution in [0.3, 0.4) is 0 Å². The Morgan fingerprint density at radius 1 is 1.11 bits per heavy atom. The van der Waals surface area contributed by atoms with Crippen LogP contribution in [0.4, 0.5) is 4.39 Å². The Kier molecular flexibility index (Phi) is 4.13. The molecule has 1 aromatic carbocycles. The highest BCUT2D eigenvalue weighted by Crippen LogP contribution is 2.49. The van der Waals surface area contributed by atoms with Gasteiger partial charge in [0.05, 0.1) is 6.10 Å². The topological polar surface area (TPSA) is 21.3 Å². The van der Waals surface area contributed by atoms with Crippen LogP contribution in [0.25, 0.3) is 0 Å². The molecule has 4 heteroatoms. The molecule has 1 aliphatic carbocycles. The summed E-state index contributed by atoms with van der Waals surface area (Å²) in [5.41, 5.74) is 0.538. The monoisotopic (exact) mass is 271 g/mol. The van der Waals surface area contributed by atoms with E-state index in [0.717, 1.165) is 31.7 Å². The summed E-state index contributed by atoms with van der Waals surface area (Å²) >= 11 is 0. The van der Waals surface area contributed by atoms with Gasteiger partial charge in [0.25, 0.3) is 0 Å². The number of nitrogens with one attached hydrogen (secondary N) is 1. The number of halogens is 2. The van der Waals surface area contributed by atoms with Crippen molar-refractivity contribution in [2.45, 2.75) is 31.8 Å². The number of rotatable bonds is 2. The summed E-state index contributed by atoms with van der Waals surface area (Å²) in [6.45, 7) is 2.28. The van der Waals surface area contributed by atoms with E-state index in [1.54, 1.807) is 12.1 Å². The Labute approximate surface area is 113 Å². The van der Waals surface area contributed by atoms with Crippen LogP contribution >= 0.6 is 12.4 Å². The first-order valence-electron chi connectivity index (χ1n) is 6.39. The normalized spacial score (nSPS) is 22.1. The van der Waals surface area contributed by atoms with E-state index in [1.165, 1.54) is 25.0 Å². The van der Waals surface area contributed by atoms with Gasteiger partial charge in [-0.25, -0.2) is 4.39 Å². The summed E-state index contributed by atoms with van der Waals surface area (Å²) in [7, 11) is 0. The Bertz CT molecular complexity index is 381. The van der Waals surface area contributed by atoms with Gasteiger partial charge in [0.2, 0.25) is 0 Å². The van der Waals surface area contributed by atoms with Gasteiger partial charge < -0.3 is 10.1 Å². The van der Waals surface area contributed by atoms with Gasteiger partial charge in [-0.3, -0.25) is 0 Å². The average Bonchev–Trinajstić information content (AvgIpc) is 2.31. The zero-order valence-electron chi connectivity index (χ0n) is 10.3. The second-order valence-electron chi connectivity index (χ2n) is 5.35. The van der Waals surface area contributed by atoms with Crippen molar-refractivity contribution >= 4 is 12.4 Å². The molecule has 1 aliphatic heterocycles. The van der Waals surface area contributed by atoms with Crippen molar-refractivity contribution in [1.82, 2.24) is 5.32 Å². The lowest BCUT2D eigenvalue weighted by Crippen LogP contribution is -2.49. The van der Waals surface area contributed by atoms with Crippen LogP contribution in [0.5, 0.6) is 5.75 Å². The third-order valence-corrected chi connectivity index (χ3v) is 4.10. The highest BCUT2D eigenvalue weighted by molar-refractivity contribution is 5.85. The number of hydrogen-bond acceptors (Lipinski definition) is 2. The van der Waals surface area contributed by atoms with Gasteiger partial charge in [-0.1, -0.05) is 0 Å². The fourth-order valence-electron chi connectivity index (χ4n) is 3.06. The lowest BCUT2D eigenvalue weighted by molar-refractivity contribution is -0.0347. The second kappa shape index (κ2) is 5.45. The minimum Gasteiger partial charge on any atom is -0.490 e. The average molecular weight is 272 g/mol. The van der Waals surface area contributed by atoms with Crippen LogP contribution in [0.15, 0.2) is 24.3 Å². The summed E-state index contributed by atoms with van der Waals surface area (Å²) in [5, 5.41) is 3.40. The predicted molar refractivity (Wildman–Crippen MR) is 71.8 cm³/mol. The first-order valence-corrected chi connectivity index (χ1v) is 6.39. The Morgan fingerprint density at radius 3 is 2.33 bits per heavy atom. The zero-order chi connectivity index (χ0) is 11.7. The highest BCUT2D eigenvalue weighted by Gasteiger charge is 2.45. The van der Waals surface area contributed by atoms with E-state index < -0.39 is 0 Å². The van der Waals surface area contributed by atoms with Crippen LogP contribution in [0.1, 0.15) is 25.7 Å². The third kappa shape index (κ3) is 2.78. The molecule has 1 N–H and O–H groups in total. The van der Waals surface area contributed by atoms with Crippen molar-refractivity contribution in [2.24, 2.45) is 5.41 Å². The SMILES string of the molecule is Cl.Fc1ccc(OC2CC3(CCNCC3)C2)cc1. The minimum atomic E-state index is -0.208. The number of hydrogen-bond donors (Lipinski definition) is 1. The van der Waals surface area contributed by atoms with Crippen molar-refractivity contribution < 1.29 is 9.13 Å². The van der Waals surface area contributed by atoms with Gasteiger partial charge in [-0.15, -0.1) is 12.4 Å². The van der Waals surface area contributed by atoms with E-state index in [-0.39, 0.29) is 18.2 Å². The van der Waals surface area contributed by atoms with E-state index in [0.29, 0.717) is 11.5 Å². The molecule has 3 rings (SSSR count). The molecule has 100 valence electrons. The molecule has 1 saturated heterocycles. The molecular formula is C14H19ClFNO. The fraction of sp³-hybridized carbons (Fsp3) is 0.571. The van der Waals surface area contributed by atoms with E-state index in [1.807, 2.05) is 0 Å². The molecule has 1 heterocycles. The Morgan fingerprint density at radius 2 is 1.72 bits per heavy atom. The van der Waals surface area contributed by atoms with Crippen molar-refractivity contribution in [3.05, 3.63) is 30.1 Å². The van der Waals surface area contributed by atoms with Gasteiger partial charge >= 0.3 is 0 Å². The van der Waals surface area contributed by atoms with Crippen LogP contribution in [-0.4, -0.2) is 19.2 Å². The highest BCUT2D eigenvalue weighted by atomic mass is 35.5. The first kappa shape index (κ1) is 13.6.